The number of carbonyl (C=O) groups excluding carboxylic acids is 2. The number of likely N-dealkylation sites (N-methyl/N-ethyl adjacent to an activating group) is 2. The van der Waals surface area contributed by atoms with Gasteiger partial charge in [0, 0.05) is 76.6 Å². The maximum Gasteiger partial charge on any atom is 0.412 e. The standard InChI is InChI=1S/C29H38N8O4/c1-32-11-15-34(16-12-32)20-26-28(38)40-30-36(26)24-7-3-22(4-8-24)19-23-5-9-25(10-6-23)37-27(29(39)41-31-37)21-35-17-13-33(2)14-18-35/h3-10,26-27H,11-21H2,1-2H3/q+2. The fourth-order valence-electron chi connectivity index (χ4n) is 5.68. The van der Waals surface area contributed by atoms with Crippen molar-refractivity contribution < 1.29 is 28.7 Å². The molecule has 2 fully saturated rings. The fourth-order valence-corrected chi connectivity index (χ4v) is 5.68. The second kappa shape index (κ2) is 12.1. The van der Waals surface area contributed by atoms with Crippen LogP contribution in [0.3, 0.4) is 0 Å². The highest BCUT2D eigenvalue weighted by atomic mass is 16.7. The summed E-state index contributed by atoms with van der Waals surface area (Å²) in [6.45, 7) is 8.87. The Morgan fingerprint density at radius 1 is 0.634 bits per heavy atom. The molecule has 2 aromatic rings. The molecular weight excluding hydrogens is 524 g/mol. The Balaban J connectivity index is 1.07. The average Bonchev–Trinajstić information content (AvgIpc) is 3.53. The molecule has 4 aliphatic heterocycles. The van der Waals surface area contributed by atoms with Crippen molar-refractivity contribution in [1.29, 1.82) is 0 Å². The summed E-state index contributed by atoms with van der Waals surface area (Å²) in [5.74, 6) is -0.619. The molecule has 0 bridgehead atoms. The first-order valence-electron chi connectivity index (χ1n) is 14.3. The minimum atomic E-state index is -0.441. The summed E-state index contributed by atoms with van der Waals surface area (Å²) < 4.78 is 3.39. The van der Waals surface area contributed by atoms with Crippen LogP contribution in [0.4, 0.5) is 11.4 Å². The van der Waals surface area contributed by atoms with Crippen molar-refractivity contribution in [1.82, 2.24) is 19.6 Å². The number of hydrogen-bond donors (Lipinski definition) is 0. The highest BCUT2D eigenvalue weighted by molar-refractivity contribution is 5.76. The van der Waals surface area contributed by atoms with Crippen molar-refractivity contribution in [2.75, 3.05) is 79.5 Å². The van der Waals surface area contributed by atoms with Crippen LogP contribution in [-0.4, -0.2) is 133 Å². The second-order valence-corrected chi connectivity index (χ2v) is 11.4. The zero-order valence-electron chi connectivity index (χ0n) is 23.8. The molecule has 6 rings (SSSR count). The van der Waals surface area contributed by atoms with Crippen molar-refractivity contribution in [3.05, 3.63) is 59.7 Å². The Bertz CT molecular complexity index is 1210. The van der Waals surface area contributed by atoms with E-state index in [1.165, 1.54) is 0 Å². The monoisotopic (exact) mass is 562 g/mol. The van der Waals surface area contributed by atoms with Crippen LogP contribution in [0, 0.1) is 0 Å². The van der Waals surface area contributed by atoms with Crippen LogP contribution in [-0.2, 0) is 25.7 Å². The SMILES string of the molecule is CN1CCN(CC2C(=O)ON=[N+]2c2ccc(Cc3ccc([N+]4=NOC(=O)C4CN4CCN(C)CC4)cc3)cc2)CC1. The lowest BCUT2D eigenvalue weighted by molar-refractivity contribution is -0.539. The number of carbonyl (C=O) groups is 2. The van der Waals surface area contributed by atoms with E-state index in [1.807, 2.05) is 24.3 Å². The number of benzene rings is 2. The summed E-state index contributed by atoms with van der Waals surface area (Å²) in [7, 11) is 4.23. The lowest BCUT2D eigenvalue weighted by Gasteiger charge is -2.31. The molecule has 4 heterocycles. The van der Waals surface area contributed by atoms with Crippen molar-refractivity contribution in [3.8, 4) is 0 Å². The number of piperazine rings is 2. The Kier molecular flexibility index (Phi) is 8.15. The average molecular weight is 563 g/mol. The first-order chi connectivity index (χ1) is 19.9. The summed E-state index contributed by atoms with van der Waals surface area (Å²) >= 11 is 0. The molecule has 2 unspecified atom stereocenters. The summed E-state index contributed by atoms with van der Waals surface area (Å²) in [6.07, 6.45) is 0.745. The lowest BCUT2D eigenvalue weighted by atomic mass is 10.0. The minimum absolute atomic E-state index is 0.310. The highest BCUT2D eigenvalue weighted by Gasteiger charge is 2.44. The van der Waals surface area contributed by atoms with Crippen LogP contribution in [0.2, 0.25) is 0 Å². The van der Waals surface area contributed by atoms with Gasteiger partial charge in [0.1, 0.15) is 0 Å². The maximum atomic E-state index is 12.4. The Hall–Kier alpha value is -3.58. The van der Waals surface area contributed by atoms with Crippen LogP contribution >= 0.6 is 0 Å². The van der Waals surface area contributed by atoms with Crippen molar-refractivity contribution in [3.63, 3.8) is 0 Å². The molecule has 0 amide bonds. The largest absolute Gasteiger partial charge is 0.412 e. The molecule has 2 saturated heterocycles. The normalized spacial score (nSPS) is 24.7. The van der Waals surface area contributed by atoms with E-state index in [1.54, 1.807) is 9.39 Å². The third kappa shape index (κ3) is 6.35. The quantitative estimate of drug-likeness (QED) is 0.449. The maximum absolute atomic E-state index is 12.4. The molecule has 0 aliphatic carbocycles. The summed E-state index contributed by atoms with van der Waals surface area (Å²) in [4.78, 5) is 44.2. The van der Waals surface area contributed by atoms with Crippen LogP contribution in [0.15, 0.2) is 59.1 Å². The van der Waals surface area contributed by atoms with Gasteiger partial charge < -0.3 is 9.80 Å². The molecule has 0 N–H and O–H groups in total. The Morgan fingerprint density at radius 2 is 1.00 bits per heavy atom. The van der Waals surface area contributed by atoms with Gasteiger partial charge in [0.2, 0.25) is 21.9 Å². The third-order valence-electron chi connectivity index (χ3n) is 8.44. The molecule has 0 saturated carbocycles. The van der Waals surface area contributed by atoms with Gasteiger partial charge in [0.25, 0.3) is 12.1 Å². The van der Waals surface area contributed by atoms with Gasteiger partial charge in [0.15, 0.2) is 0 Å². The molecule has 41 heavy (non-hydrogen) atoms. The zero-order valence-corrected chi connectivity index (χ0v) is 23.8. The van der Waals surface area contributed by atoms with Gasteiger partial charge in [-0.25, -0.2) is 9.59 Å². The Morgan fingerprint density at radius 3 is 1.37 bits per heavy atom. The van der Waals surface area contributed by atoms with Crippen molar-refractivity contribution in [2.45, 2.75) is 18.5 Å². The van der Waals surface area contributed by atoms with Crippen LogP contribution < -0.4 is 0 Å². The fraction of sp³-hybridized carbons (Fsp3) is 0.517. The summed E-state index contributed by atoms with van der Waals surface area (Å²) in [5, 5.41) is 8.11. The van der Waals surface area contributed by atoms with E-state index in [-0.39, 0.29) is 11.9 Å². The van der Waals surface area contributed by atoms with Gasteiger partial charge in [-0.15, -0.1) is 0 Å². The van der Waals surface area contributed by atoms with E-state index >= 15 is 0 Å². The number of nitrogens with zero attached hydrogens (tertiary/aromatic N) is 8. The molecule has 12 nitrogen and oxygen atoms in total. The molecule has 12 heteroatoms. The van der Waals surface area contributed by atoms with Gasteiger partial charge in [-0.2, -0.15) is 0 Å². The Labute approximate surface area is 239 Å². The number of rotatable bonds is 8. The van der Waals surface area contributed by atoms with E-state index in [0.717, 1.165) is 81.3 Å². The van der Waals surface area contributed by atoms with Crippen LogP contribution in [0.25, 0.3) is 0 Å². The van der Waals surface area contributed by atoms with E-state index in [0.29, 0.717) is 13.1 Å². The minimum Gasteiger partial charge on any atom is -0.304 e. The third-order valence-corrected chi connectivity index (χ3v) is 8.44. The highest BCUT2D eigenvalue weighted by Crippen LogP contribution is 2.25. The molecule has 4 aliphatic rings. The molecule has 216 valence electrons. The summed E-state index contributed by atoms with van der Waals surface area (Å²) in [6, 6.07) is 15.3. The second-order valence-electron chi connectivity index (χ2n) is 11.4. The van der Waals surface area contributed by atoms with Crippen molar-refractivity contribution in [2.24, 2.45) is 10.6 Å². The molecule has 0 aromatic heterocycles. The van der Waals surface area contributed by atoms with Gasteiger partial charge in [0.05, 0.1) is 13.1 Å². The predicted octanol–water partition coefficient (Wildman–Crippen LogP) is 1.65. The molecule has 2 atom stereocenters. The first-order valence-corrected chi connectivity index (χ1v) is 14.3. The van der Waals surface area contributed by atoms with Crippen LogP contribution in [0.1, 0.15) is 11.1 Å². The van der Waals surface area contributed by atoms with Crippen LogP contribution in [0.5, 0.6) is 0 Å². The molecular formula is C29H38N8O4+2. The van der Waals surface area contributed by atoms with Crippen molar-refractivity contribution >= 4 is 23.3 Å². The van der Waals surface area contributed by atoms with E-state index in [4.69, 9.17) is 9.68 Å². The predicted molar refractivity (Wildman–Crippen MR) is 148 cm³/mol. The zero-order chi connectivity index (χ0) is 28.3. The molecule has 2 aromatic carbocycles. The van der Waals surface area contributed by atoms with Gasteiger partial charge in [-0.3, -0.25) is 19.5 Å². The first kappa shape index (κ1) is 27.6. The van der Waals surface area contributed by atoms with Gasteiger partial charge >= 0.3 is 11.9 Å². The topological polar surface area (TPSA) is 96.3 Å². The van der Waals surface area contributed by atoms with E-state index < -0.39 is 12.1 Å². The van der Waals surface area contributed by atoms with Gasteiger partial charge in [-0.05, 0) is 41.0 Å². The smallest absolute Gasteiger partial charge is 0.304 e. The molecule has 0 radical (unpaired) electrons. The molecule has 0 spiro atoms. The van der Waals surface area contributed by atoms with E-state index in [2.05, 4.69) is 68.5 Å². The van der Waals surface area contributed by atoms with E-state index in [9.17, 15) is 9.59 Å². The number of hydrogen-bond acceptors (Lipinski definition) is 10. The lowest BCUT2D eigenvalue weighted by Crippen LogP contribution is -2.49. The van der Waals surface area contributed by atoms with Gasteiger partial charge in [-0.1, -0.05) is 24.3 Å². The summed E-state index contributed by atoms with van der Waals surface area (Å²) in [5.41, 5.74) is 3.95.